The van der Waals surface area contributed by atoms with Crippen LogP contribution in [-0.4, -0.2) is 50.9 Å². The molecule has 4 rings (SSSR count). The van der Waals surface area contributed by atoms with Crippen LogP contribution in [0.2, 0.25) is 0 Å². The fraction of sp³-hybridized carbons (Fsp3) is 0.542. The second-order valence-corrected chi connectivity index (χ2v) is 9.47. The summed E-state index contributed by atoms with van der Waals surface area (Å²) >= 11 is 1.41. The van der Waals surface area contributed by atoms with Crippen LogP contribution in [0.4, 0.5) is 0 Å². The zero-order valence-electron chi connectivity index (χ0n) is 18.0. The van der Waals surface area contributed by atoms with Gasteiger partial charge in [-0.2, -0.15) is 4.98 Å². The van der Waals surface area contributed by atoms with Crippen molar-refractivity contribution in [2.24, 2.45) is 5.92 Å². The Labute approximate surface area is 187 Å². The second kappa shape index (κ2) is 10.5. The van der Waals surface area contributed by atoms with Crippen LogP contribution in [-0.2, 0) is 30.6 Å². The van der Waals surface area contributed by atoms with E-state index in [2.05, 4.69) is 29.2 Å². The van der Waals surface area contributed by atoms with Crippen LogP contribution in [0, 0.1) is 5.92 Å². The minimum Gasteiger partial charge on any atom is -0.396 e. The molecule has 1 fully saturated rings. The Balaban J connectivity index is 1.32. The quantitative estimate of drug-likeness (QED) is 0.504. The fourth-order valence-electron chi connectivity index (χ4n) is 4.72. The molecule has 0 unspecified atom stereocenters. The number of amides is 1. The molecule has 166 valence electrons. The van der Waals surface area contributed by atoms with Crippen LogP contribution < -0.4 is 5.69 Å². The first kappa shape index (κ1) is 22.1. The molecule has 6 nitrogen and oxygen atoms in total. The summed E-state index contributed by atoms with van der Waals surface area (Å²) in [5.74, 6) is 1.11. The molecule has 0 atom stereocenters. The lowest BCUT2D eigenvalue weighted by Gasteiger charge is -2.32. The number of aliphatic hydroxyl groups is 1. The van der Waals surface area contributed by atoms with Crippen LogP contribution in [0.15, 0.2) is 40.2 Å². The Morgan fingerprint density at radius 3 is 2.68 bits per heavy atom. The van der Waals surface area contributed by atoms with E-state index in [0.717, 1.165) is 67.9 Å². The van der Waals surface area contributed by atoms with Crippen LogP contribution in [0.1, 0.15) is 42.5 Å². The van der Waals surface area contributed by atoms with E-state index >= 15 is 0 Å². The van der Waals surface area contributed by atoms with Crippen molar-refractivity contribution in [2.75, 3.05) is 25.4 Å². The van der Waals surface area contributed by atoms with E-state index in [9.17, 15) is 9.59 Å². The number of hydrogen-bond donors (Lipinski definition) is 1. The zero-order valence-corrected chi connectivity index (χ0v) is 18.8. The second-order valence-electron chi connectivity index (χ2n) is 8.51. The number of piperidine rings is 1. The Morgan fingerprint density at radius 1 is 1.16 bits per heavy atom. The van der Waals surface area contributed by atoms with Gasteiger partial charge in [0.2, 0.25) is 5.91 Å². The standard InChI is InChI=1S/C24H31N3O3S/c28-15-5-12-27-21-9-4-8-20(21)23(25-24(27)30)31-17-22(29)26-13-10-19(11-14-26)16-18-6-2-1-3-7-18/h1-3,6-7,19,28H,4-5,8-17H2. The Morgan fingerprint density at radius 2 is 1.94 bits per heavy atom. The third-order valence-corrected chi connectivity index (χ3v) is 7.41. The molecule has 1 N–H and O–H groups in total. The average Bonchev–Trinajstić information content (AvgIpc) is 3.28. The number of thioether (sulfide) groups is 1. The van der Waals surface area contributed by atoms with Gasteiger partial charge in [0, 0.05) is 37.5 Å². The average molecular weight is 442 g/mol. The first-order valence-electron chi connectivity index (χ1n) is 11.3. The maximum absolute atomic E-state index is 12.8. The molecule has 0 bridgehead atoms. The van der Waals surface area contributed by atoms with Gasteiger partial charge in [0.25, 0.3) is 0 Å². The maximum atomic E-state index is 12.8. The van der Waals surface area contributed by atoms with Gasteiger partial charge >= 0.3 is 5.69 Å². The van der Waals surface area contributed by atoms with Crippen molar-refractivity contribution in [1.82, 2.24) is 14.5 Å². The maximum Gasteiger partial charge on any atom is 0.348 e. The molecule has 1 aromatic carbocycles. The van der Waals surface area contributed by atoms with Gasteiger partial charge in [0.1, 0.15) is 5.03 Å². The monoisotopic (exact) mass is 441 g/mol. The third kappa shape index (κ3) is 5.39. The van der Waals surface area contributed by atoms with Crippen LogP contribution in [0.25, 0.3) is 0 Å². The number of nitrogens with zero attached hydrogens (tertiary/aromatic N) is 3. The number of carbonyl (C=O) groups excluding carboxylic acids is 1. The lowest BCUT2D eigenvalue weighted by atomic mass is 9.90. The van der Waals surface area contributed by atoms with Gasteiger partial charge in [-0.1, -0.05) is 42.1 Å². The van der Waals surface area contributed by atoms with Gasteiger partial charge < -0.3 is 10.0 Å². The number of benzene rings is 1. The minimum absolute atomic E-state index is 0.0637. The molecular formula is C24H31N3O3S. The summed E-state index contributed by atoms with van der Waals surface area (Å²) in [6.07, 6.45) is 6.51. The van der Waals surface area contributed by atoms with Crippen molar-refractivity contribution in [3.8, 4) is 0 Å². The van der Waals surface area contributed by atoms with Gasteiger partial charge in [-0.15, -0.1) is 0 Å². The molecule has 1 saturated heterocycles. The molecule has 0 radical (unpaired) electrons. The highest BCUT2D eigenvalue weighted by Crippen LogP contribution is 2.30. The number of aromatic nitrogens is 2. The molecule has 2 heterocycles. The lowest BCUT2D eigenvalue weighted by molar-refractivity contribution is -0.129. The van der Waals surface area contributed by atoms with Crippen LogP contribution in [0.3, 0.4) is 0 Å². The van der Waals surface area contributed by atoms with Crippen LogP contribution >= 0.6 is 11.8 Å². The predicted molar refractivity (Wildman–Crippen MR) is 122 cm³/mol. The molecular weight excluding hydrogens is 410 g/mol. The molecule has 2 aliphatic rings. The van der Waals surface area contributed by atoms with E-state index in [0.29, 0.717) is 24.6 Å². The van der Waals surface area contributed by atoms with Gasteiger partial charge in [-0.05, 0) is 56.4 Å². The zero-order chi connectivity index (χ0) is 21.6. The van der Waals surface area contributed by atoms with E-state index in [1.807, 2.05) is 11.0 Å². The molecule has 1 amide bonds. The molecule has 0 spiro atoms. The molecule has 1 aromatic heterocycles. The fourth-order valence-corrected chi connectivity index (χ4v) is 5.70. The Hall–Kier alpha value is -2.12. The highest BCUT2D eigenvalue weighted by atomic mass is 32.2. The van der Waals surface area contributed by atoms with E-state index in [-0.39, 0.29) is 18.2 Å². The Bertz CT molecular complexity index is 953. The molecule has 7 heteroatoms. The third-order valence-electron chi connectivity index (χ3n) is 6.41. The van der Waals surface area contributed by atoms with Crippen LogP contribution in [0.5, 0.6) is 0 Å². The van der Waals surface area contributed by atoms with E-state index in [1.54, 1.807) is 4.57 Å². The number of aliphatic hydroxyl groups excluding tert-OH is 1. The van der Waals surface area contributed by atoms with Crippen molar-refractivity contribution in [3.05, 3.63) is 57.6 Å². The summed E-state index contributed by atoms with van der Waals surface area (Å²) < 4.78 is 1.71. The summed E-state index contributed by atoms with van der Waals surface area (Å²) in [5, 5.41) is 9.83. The van der Waals surface area contributed by atoms with E-state index in [1.165, 1.54) is 17.3 Å². The number of likely N-dealkylation sites (tertiary alicyclic amines) is 1. The van der Waals surface area contributed by atoms with E-state index in [4.69, 9.17) is 5.11 Å². The largest absolute Gasteiger partial charge is 0.396 e. The highest BCUT2D eigenvalue weighted by molar-refractivity contribution is 7.99. The molecule has 1 aliphatic carbocycles. The van der Waals surface area contributed by atoms with Crippen molar-refractivity contribution in [3.63, 3.8) is 0 Å². The Kier molecular flexibility index (Phi) is 7.45. The predicted octanol–water partition coefficient (Wildman–Crippen LogP) is 2.69. The topological polar surface area (TPSA) is 75.4 Å². The molecule has 31 heavy (non-hydrogen) atoms. The normalized spacial score (nSPS) is 16.5. The minimum atomic E-state index is -0.259. The number of fused-ring (bicyclic) bond motifs is 1. The number of hydrogen-bond acceptors (Lipinski definition) is 5. The summed E-state index contributed by atoms with van der Waals surface area (Å²) in [4.78, 5) is 31.6. The summed E-state index contributed by atoms with van der Waals surface area (Å²) in [5.41, 5.74) is 3.28. The lowest BCUT2D eigenvalue weighted by Crippen LogP contribution is -2.40. The van der Waals surface area contributed by atoms with E-state index < -0.39 is 0 Å². The summed E-state index contributed by atoms with van der Waals surface area (Å²) in [6.45, 7) is 2.19. The molecule has 2 aromatic rings. The smallest absolute Gasteiger partial charge is 0.348 e. The van der Waals surface area contributed by atoms with Crippen molar-refractivity contribution in [1.29, 1.82) is 0 Å². The van der Waals surface area contributed by atoms with Gasteiger partial charge in [0.15, 0.2) is 0 Å². The van der Waals surface area contributed by atoms with Gasteiger partial charge in [-0.3, -0.25) is 9.36 Å². The number of carbonyl (C=O) groups is 1. The van der Waals surface area contributed by atoms with Crippen molar-refractivity contribution < 1.29 is 9.90 Å². The first-order valence-corrected chi connectivity index (χ1v) is 12.3. The van der Waals surface area contributed by atoms with Crippen molar-refractivity contribution >= 4 is 17.7 Å². The van der Waals surface area contributed by atoms with Gasteiger partial charge in [0.05, 0.1) is 5.75 Å². The summed E-state index contributed by atoms with van der Waals surface area (Å²) in [6, 6.07) is 10.6. The molecule has 0 saturated carbocycles. The van der Waals surface area contributed by atoms with Gasteiger partial charge in [-0.25, -0.2) is 4.79 Å². The first-order chi connectivity index (χ1) is 15.2. The highest BCUT2D eigenvalue weighted by Gasteiger charge is 2.25. The van der Waals surface area contributed by atoms with Crippen molar-refractivity contribution in [2.45, 2.75) is 56.5 Å². The molecule has 1 aliphatic heterocycles. The SMILES string of the molecule is O=C(CSc1nc(=O)n(CCCO)c2c1CCC2)N1CCC(Cc2ccccc2)CC1. The summed E-state index contributed by atoms with van der Waals surface area (Å²) in [7, 11) is 0. The number of rotatable bonds is 8.